The maximum atomic E-state index is 12.4. The standard InChI is InChI=1S/C19H24N2O4S/c1-4-25-17-9-7-16(8-10-17)21-19(22)11-12-20-26(23,24)18-13-14(2)5-6-15(18)3/h5-10,13,20H,4,11-12H2,1-3H3,(H,21,22). The summed E-state index contributed by atoms with van der Waals surface area (Å²) in [4.78, 5) is 12.2. The molecule has 0 unspecified atom stereocenters. The summed E-state index contributed by atoms with van der Waals surface area (Å²) in [6.45, 7) is 6.08. The fraction of sp³-hybridized carbons (Fsp3) is 0.316. The molecule has 0 aliphatic heterocycles. The number of rotatable bonds is 8. The van der Waals surface area contributed by atoms with Gasteiger partial charge >= 0.3 is 0 Å². The van der Waals surface area contributed by atoms with Gasteiger partial charge < -0.3 is 10.1 Å². The van der Waals surface area contributed by atoms with Gasteiger partial charge in [-0.1, -0.05) is 12.1 Å². The van der Waals surface area contributed by atoms with E-state index in [9.17, 15) is 13.2 Å². The zero-order valence-corrected chi connectivity index (χ0v) is 16.0. The first-order chi connectivity index (χ1) is 12.3. The van der Waals surface area contributed by atoms with Gasteiger partial charge in [0.05, 0.1) is 11.5 Å². The van der Waals surface area contributed by atoms with Crippen LogP contribution >= 0.6 is 0 Å². The zero-order chi connectivity index (χ0) is 19.2. The Morgan fingerprint density at radius 3 is 2.42 bits per heavy atom. The van der Waals surface area contributed by atoms with E-state index in [0.717, 1.165) is 11.3 Å². The lowest BCUT2D eigenvalue weighted by Gasteiger charge is -2.10. The normalized spacial score (nSPS) is 11.2. The number of ether oxygens (including phenoxy) is 1. The first-order valence-electron chi connectivity index (χ1n) is 8.41. The van der Waals surface area contributed by atoms with Gasteiger partial charge in [-0.15, -0.1) is 0 Å². The number of hydrogen-bond acceptors (Lipinski definition) is 4. The second kappa shape index (κ2) is 8.82. The third-order valence-corrected chi connectivity index (χ3v) is 5.33. The van der Waals surface area contributed by atoms with Crippen LogP contribution in [0.15, 0.2) is 47.4 Å². The van der Waals surface area contributed by atoms with Gasteiger partial charge in [0.25, 0.3) is 0 Å². The van der Waals surface area contributed by atoms with Crippen molar-refractivity contribution in [3.63, 3.8) is 0 Å². The predicted molar refractivity (Wildman–Crippen MR) is 102 cm³/mol. The fourth-order valence-corrected chi connectivity index (χ4v) is 3.76. The van der Waals surface area contributed by atoms with Crippen LogP contribution in [0, 0.1) is 13.8 Å². The molecule has 0 bridgehead atoms. The Morgan fingerprint density at radius 2 is 1.77 bits per heavy atom. The molecule has 26 heavy (non-hydrogen) atoms. The smallest absolute Gasteiger partial charge is 0.240 e. The lowest BCUT2D eigenvalue weighted by atomic mass is 10.2. The van der Waals surface area contributed by atoms with E-state index in [2.05, 4.69) is 10.0 Å². The summed E-state index contributed by atoms with van der Waals surface area (Å²) in [7, 11) is -3.64. The Hall–Kier alpha value is -2.38. The number of nitrogens with one attached hydrogen (secondary N) is 2. The molecule has 6 nitrogen and oxygen atoms in total. The predicted octanol–water partition coefficient (Wildman–Crippen LogP) is 3.01. The molecule has 0 saturated heterocycles. The van der Waals surface area contributed by atoms with Gasteiger partial charge in [0.1, 0.15) is 5.75 Å². The summed E-state index contributed by atoms with van der Waals surface area (Å²) in [5.74, 6) is 0.463. The van der Waals surface area contributed by atoms with E-state index in [-0.39, 0.29) is 23.8 Å². The minimum absolute atomic E-state index is 0.0264. The Balaban J connectivity index is 1.88. The molecule has 0 fully saturated rings. The Kier molecular flexibility index (Phi) is 6.76. The van der Waals surface area contributed by atoms with Crippen LogP contribution in [0.2, 0.25) is 0 Å². The van der Waals surface area contributed by atoms with Crippen LogP contribution in [0.25, 0.3) is 0 Å². The average Bonchev–Trinajstić information content (AvgIpc) is 2.59. The third kappa shape index (κ3) is 5.57. The summed E-state index contributed by atoms with van der Waals surface area (Å²) in [5.41, 5.74) is 2.17. The number of carbonyl (C=O) groups excluding carboxylic acids is 1. The second-order valence-corrected chi connectivity index (χ2v) is 7.66. The summed E-state index contributed by atoms with van der Waals surface area (Å²) in [6, 6.07) is 12.3. The number of hydrogen-bond donors (Lipinski definition) is 2. The molecule has 0 atom stereocenters. The number of sulfonamides is 1. The van der Waals surface area contributed by atoms with Gasteiger partial charge in [-0.2, -0.15) is 0 Å². The van der Waals surface area contributed by atoms with E-state index in [4.69, 9.17) is 4.74 Å². The highest BCUT2D eigenvalue weighted by molar-refractivity contribution is 7.89. The molecular formula is C19H24N2O4S. The average molecular weight is 376 g/mol. The van der Waals surface area contributed by atoms with Crippen molar-refractivity contribution < 1.29 is 17.9 Å². The molecule has 0 heterocycles. The molecule has 0 saturated carbocycles. The van der Waals surface area contributed by atoms with Crippen LogP contribution in [-0.4, -0.2) is 27.5 Å². The molecule has 2 aromatic carbocycles. The van der Waals surface area contributed by atoms with Gasteiger partial charge in [0.15, 0.2) is 0 Å². The molecule has 0 spiro atoms. The van der Waals surface area contributed by atoms with Crippen molar-refractivity contribution >= 4 is 21.6 Å². The van der Waals surface area contributed by atoms with Crippen molar-refractivity contribution in [2.24, 2.45) is 0 Å². The quantitative estimate of drug-likeness (QED) is 0.742. The number of aryl methyl sites for hydroxylation is 2. The van der Waals surface area contributed by atoms with E-state index in [1.807, 2.05) is 19.9 Å². The number of carbonyl (C=O) groups is 1. The maximum absolute atomic E-state index is 12.4. The summed E-state index contributed by atoms with van der Waals surface area (Å²) < 4.78 is 32.6. The van der Waals surface area contributed by atoms with Crippen LogP contribution in [0.3, 0.4) is 0 Å². The van der Waals surface area contributed by atoms with Crippen molar-refractivity contribution in [2.45, 2.75) is 32.1 Å². The number of amides is 1. The van der Waals surface area contributed by atoms with Crippen LogP contribution < -0.4 is 14.8 Å². The highest BCUT2D eigenvalue weighted by Crippen LogP contribution is 2.17. The Bertz CT molecular complexity index is 862. The largest absolute Gasteiger partial charge is 0.494 e. The van der Waals surface area contributed by atoms with Gasteiger partial charge in [0, 0.05) is 18.7 Å². The molecule has 2 aromatic rings. The highest BCUT2D eigenvalue weighted by atomic mass is 32.2. The molecule has 0 aromatic heterocycles. The Labute approximate surface area is 154 Å². The maximum Gasteiger partial charge on any atom is 0.240 e. The molecule has 7 heteroatoms. The van der Waals surface area contributed by atoms with Crippen molar-refractivity contribution in [2.75, 3.05) is 18.5 Å². The monoisotopic (exact) mass is 376 g/mol. The van der Waals surface area contributed by atoms with Gasteiger partial charge in [-0.05, 0) is 62.2 Å². The van der Waals surface area contributed by atoms with E-state index >= 15 is 0 Å². The minimum Gasteiger partial charge on any atom is -0.494 e. The van der Waals surface area contributed by atoms with E-state index < -0.39 is 10.0 Å². The lowest BCUT2D eigenvalue weighted by Crippen LogP contribution is -2.28. The van der Waals surface area contributed by atoms with Crippen molar-refractivity contribution in [1.82, 2.24) is 4.72 Å². The third-order valence-electron chi connectivity index (χ3n) is 3.73. The van der Waals surface area contributed by atoms with Crippen molar-refractivity contribution in [3.8, 4) is 5.75 Å². The van der Waals surface area contributed by atoms with Crippen LogP contribution in [-0.2, 0) is 14.8 Å². The molecule has 140 valence electrons. The van der Waals surface area contributed by atoms with Crippen LogP contribution in [0.5, 0.6) is 5.75 Å². The van der Waals surface area contributed by atoms with Gasteiger partial charge in [-0.3, -0.25) is 4.79 Å². The first kappa shape index (κ1) is 19.9. The van der Waals surface area contributed by atoms with E-state index in [0.29, 0.717) is 17.9 Å². The summed E-state index contributed by atoms with van der Waals surface area (Å²) in [5, 5.41) is 2.73. The number of anilines is 1. The molecule has 2 rings (SSSR count). The second-order valence-electron chi connectivity index (χ2n) is 5.92. The number of benzene rings is 2. The summed E-state index contributed by atoms with van der Waals surface area (Å²) >= 11 is 0. The molecule has 0 aliphatic carbocycles. The summed E-state index contributed by atoms with van der Waals surface area (Å²) in [6.07, 6.45) is 0.0390. The lowest BCUT2D eigenvalue weighted by molar-refractivity contribution is -0.116. The molecular weight excluding hydrogens is 352 g/mol. The molecule has 2 N–H and O–H groups in total. The van der Waals surface area contributed by atoms with Crippen molar-refractivity contribution in [1.29, 1.82) is 0 Å². The van der Waals surface area contributed by atoms with Gasteiger partial charge in [0.2, 0.25) is 15.9 Å². The molecule has 0 aliphatic rings. The SMILES string of the molecule is CCOc1ccc(NC(=O)CCNS(=O)(=O)c2cc(C)ccc2C)cc1. The van der Waals surface area contributed by atoms with Crippen molar-refractivity contribution in [3.05, 3.63) is 53.6 Å². The first-order valence-corrected chi connectivity index (χ1v) is 9.90. The van der Waals surface area contributed by atoms with Gasteiger partial charge in [-0.25, -0.2) is 13.1 Å². The van der Waals surface area contributed by atoms with E-state index in [1.165, 1.54) is 0 Å². The Morgan fingerprint density at radius 1 is 1.08 bits per heavy atom. The molecule has 0 radical (unpaired) electrons. The topological polar surface area (TPSA) is 84.5 Å². The zero-order valence-electron chi connectivity index (χ0n) is 15.2. The molecule has 1 amide bonds. The highest BCUT2D eigenvalue weighted by Gasteiger charge is 2.17. The minimum atomic E-state index is -3.64. The van der Waals surface area contributed by atoms with Crippen LogP contribution in [0.4, 0.5) is 5.69 Å². The van der Waals surface area contributed by atoms with E-state index in [1.54, 1.807) is 43.3 Å². The van der Waals surface area contributed by atoms with Crippen LogP contribution in [0.1, 0.15) is 24.5 Å². The fourth-order valence-electron chi connectivity index (χ4n) is 2.40.